The zero-order chi connectivity index (χ0) is 17.0. The Morgan fingerprint density at radius 3 is 2.65 bits per heavy atom. The van der Waals surface area contributed by atoms with Crippen LogP contribution in [0.2, 0.25) is 0 Å². The Hall–Kier alpha value is -1.79. The lowest BCUT2D eigenvalue weighted by atomic mass is 10.0. The topological polar surface area (TPSA) is 67.2 Å². The quantitative estimate of drug-likeness (QED) is 0.797. The molecule has 23 heavy (non-hydrogen) atoms. The molecule has 2 N–H and O–H groups in total. The van der Waals surface area contributed by atoms with Crippen molar-refractivity contribution < 1.29 is 9.90 Å². The van der Waals surface area contributed by atoms with Crippen LogP contribution in [0.5, 0.6) is 0 Å². The average Bonchev–Trinajstić information content (AvgIpc) is 2.87. The highest BCUT2D eigenvalue weighted by molar-refractivity contribution is 8.00. The van der Waals surface area contributed by atoms with Gasteiger partial charge in [-0.3, -0.25) is 4.79 Å². The molecule has 2 rings (SSSR count). The first-order valence-electron chi connectivity index (χ1n) is 7.62. The first-order chi connectivity index (χ1) is 10.9. The number of rotatable bonds is 6. The number of aliphatic hydroxyl groups excluding tert-OH is 1. The zero-order valence-electron chi connectivity index (χ0n) is 13.9. The first kappa shape index (κ1) is 17.6. The van der Waals surface area contributed by atoms with Gasteiger partial charge in [-0.1, -0.05) is 43.8 Å². The third kappa shape index (κ3) is 4.14. The van der Waals surface area contributed by atoms with Gasteiger partial charge in [0.1, 0.15) is 0 Å². The Morgan fingerprint density at radius 2 is 2.04 bits per heavy atom. The second-order valence-electron chi connectivity index (χ2n) is 5.74. The van der Waals surface area contributed by atoms with Crippen LogP contribution >= 0.6 is 11.8 Å². The van der Waals surface area contributed by atoms with E-state index in [2.05, 4.69) is 24.1 Å². The monoisotopic (exact) mass is 333 g/mol. The van der Waals surface area contributed by atoms with Crippen LogP contribution in [-0.2, 0) is 18.4 Å². The fourth-order valence-electron chi connectivity index (χ4n) is 2.24. The summed E-state index contributed by atoms with van der Waals surface area (Å²) in [6, 6.07) is 7.86. The summed E-state index contributed by atoms with van der Waals surface area (Å²) < 4.78 is 1.80. The number of aliphatic hydroxyl groups is 1. The number of carbonyl (C=O) groups is 1. The third-order valence-corrected chi connectivity index (χ3v) is 4.85. The van der Waals surface area contributed by atoms with Gasteiger partial charge in [0.2, 0.25) is 5.91 Å². The van der Waals surface area contributed by atoms with Gasteiger partial charge in [0.15, 0.2) is 5.16 Å². The van der Waals surface area contributed by atoms with E-state index in [0.29, 0.717) is 11.1 Å². The molecule has 0 fully saturated rings. The molecule has 1 aromatic heterocycles. The summed E-state index contributed by atoms with van der Waals surface area (Å²) in [5, 5.41) is 12.6. The van der Waals surface area contributed by atoms with Crippen LogP contribution in [0.3, 0.4) is 0 Å². The Balaban J connectivity index is 2.07. The highest BCUT2D eigenvalue weighted by Crippen LogP contribution is 2.26. The van der Waals surface area contributed by atoms with Crippen LogP contribution in [0.15, 0.2) is 35.6 Å². The molecule has 0 saturated carbocycles. The normalized spacial score (nSPS) is 12.4. The molecule has 0 bridgehead atoms. The first-order valence-corrected chi connectivity index (χ1v) is 8.50. The number of carbonyl (C=O) groups excluding carboxylic acids is 1. The molecule has 124 valence electrons. The number of para-hydroxylation sites is 1. The molecule has 1 atom stereocenters. The number of aromatic nitrogens is 2. The number of nitrogens with zero attached hydrogens (tertiary/aromatic N) is 2. The van der Waals surface area contributed by atoms with Gasteiger partial charge in [0, 0.05) is 12.7 Å². The van der Waals surface area contributed by atoms with Gasteiger partial charge in [0.25, 0.3) is 0 Å². The lowest BCUT2D eigenvalue weighted by Gasteiger charge is -2.16. The molecule has 5 nitrogen and oxygen atoms in total. The van der Waals surface area contributed by atoms with E-state index < -0.39 is 0 Å². The van der Waals surface area contributed by atoms with Crippen molar-refractivity contribution in [3.63, 3.8) is 0 Å². The summed E-state index contributed by atoms with van der Waals surface area (Å²) in [4.78, 5) is 16.7. The molecule has 0 saturated heterocycles. The van der Waals surface area contributed by atoms with Gasteiger partial charge in [-0.05, 0) is 24.5 Å². The molecule has 1 amide bonds. The minimum absolute atomic E-state index is 0.0587. The van der Waals surface area contributed by atoms with Crippen LogP contribution in [-0.4, -0.2) is 25.8 Å². The highest BCUT2D eigenvalue weighted by Gasteiger charge is 2.19. The van der Waals surface area contributed by atoms with Gasteiger partial charge < -0.3 is 15.0 Å². The molecule has 6 heteroatoms. The maximum absolute atomic E-state index is 12.5. The van der Waals surface area contributed by atoms with E-state index in [1.807, 2.05) is 38.2 Å². The zero-order valence-corrected chi connectivity index (χ0v) is 14.7. The number of hydrogen-bond acceptors (Lipinski definition) is 4. The Kier molecular flexibility index (Phi) is 5.85. The fourth-order valence-corrected chi connectivity index (χ4v) is 3.11. The maximum Gasteiger partial charge on any atom is 0.237 e. The number of anilines is 1. The summed E-state index contributed by atoms with van der Waals surface area (Å²) in [6.45, 7) is 6.00. The van der Waals surface area contributed by atoms with E-state index >= 15 is 0 Å². The fraction of sp³-hybridized carbons (Fsp3) is 0.412. The van der Waals surface area contributed by atoms with E-state index in [1.54, 1.807) is 10.8 Å². The number of hydrogen-bond donors (Lipinski definition) is 2. The smallest absolute Gasteiger partial charge is 0.237 e. The second-order valence-corrected chi connectivity index (χ2v) is 7.05. The number of nitrogens with one attached hydrogen (secondary N) is 1. The van der Waals surface area contributed by atoms with Crippen molar-refractivity contribution in [2.45, 2.75) is 43.7 Å². The van der Waals surface area contributed by atoms with Crippen molar-refractivity contribution in [1.82, 2.24) is 9.55 Å². The van der Waals surface area contributed by atoms with Crippen LogP contribution in [0, 0.1) is 0 Å². The number of benzene rings is 1. The molecule has 1 aromatic carbocycles. The predicted molar refractivity (Wildman–Crippen MR) is 93.6 cm³/mol. The van der Waals surface area contributed by atoms with Crippen LogP contribution < -0.4 is 5.32 Å². The van der Waals surface area contributed by atoms with Gasteiger partial charge in [-0.25, -0.2) is 4.98 Å². The predicted octanol–water partition coefficient (Wildman–Crippen LogP) is 3.16. The molecular weight excluding hydrogens is 310 g/mol. The van der Waals surface area contributed by atoms with Crippen molar-refractivity contribution in [1.29, 1.82) is 0 Å². The summed E-state index contributed by atoms with van der Waals surface area (Å²) in [5.74, 6) is 0.285. The molecule has 0 radical (unpaired) electrons. The number of imidazole rings is 1. The van der Waals surface area contributed by atoms with E-state index in [0.717, 1.165) is 16.9 Å². The average molecular weight is 333 g/mol. The van der Waals surface area contributed by atoms with Gasteiger partial charge in [0.05, 0.1) is 23.7 Å². The van der Waals surface area contributed by atoms with E-state index in [9.17, 15) is 9.90 Å². The van der Waals surface area contributed by atoms with Gasteiger partial charge in [-0.15, -0.1) is 0 Å². The highest BCUT2D eigenvalue weighted by atomic mass is 32.2. The lowest BCUT2D eigenvalue weighted by Crippen LogP contribution is -2.23. The maximum atomic E-state index is 12.5. The molecule has 1 heterocycles. The molecular formula is C17H23N3O2S. The Bertz CT molecular complexity index is 682. The summed E-state index contributed by atoms with van der Waals surface area (Å²) in [6.07, 6.45) is 1.63. The van der Waals surface area contributed by atoms with Crippen molar-refractivity contribution in [2.24, 2.45) is 7.05 Å². The van der Waals surface area contributed by atoms with Crippen molar-refractivity contribution in [3.8, 4) is 0 Å². The molecule has 0 spiro atoms. The largest absolute Gasteiger partial charge is 0.390 e. The summed E-state index contributed by atoms with van der Waals surface area (Å²) >= 11 is 1.38. The van der Waals surface area contributed by atoms with E-state index in [1.165, 1.54) is 11.8 Å². The molecule has 2 aromatic rings. The van der Waals surface area contributed by atoms with Gasteiger partial charge in [-0.2, -0.15) is 0 Å². The summed E-state index contributed by atoms with van der Waals surface area (Å²) in [5.41, 5.74) is 2.71. The summed E-state index contributed by atoms with van der Waals surface area (Å²) in [7, 11) is 1.83. The molecule has 0 aliphatic rings. The lowest BCUT2D eigenvalue weighted by molar-refractivity contribution is -0.115. The minimum atomic E-state index is -0.289. The van der Waals surface area contributed by atoms with E-state index in [-0.39, 0.29) is 17.8 Å². The molecule has 0 aliphatic heterocycles. The van der Waals surface area contributed by atoms with Crippen molar-refractivity contribution in [3.05, 3.63) is 41.7 Å². The van der Waals surface area contributed by atoms with Gasteiger partial charge >= 0.3 is 0 Å². The van der Waals surface area contributed by atoms with Crippen molar-refractivity contribution >= 4 is 23.4 Å². The van der Waals surface area contributed by atoms with E-state index in [4.69, 9.17) is 0 Å². The Morgan fingerprint density at radius 1 is 1.35 bits per heavy atom. The molecule has 1 unspecified atom stereocenters. The van der Waals surface area contributed by atoms with Crippen LogP contribution in [0.1, 0.15) is 37.9 Å². The van der Waals surface area contributed by atoms with Crippen LogP contribution in [0.25, 0.3) is 0 Å². The molecule has 0 aliphatic carbocycles. The number of amides is 1. The standard InChI is InChI=1S/C17H23N3O2S/c1-11(2)14-7-5-6-8-15(14)19-16(22)12(3)23-17-18-9-13(10-21)20(17)4/h5-9,11-12,21H,10H2,1-4H3,(H,19,22). The second kappa shape index (κ2) is 7.66. The SMILES string of the molecule is CC(Sc1ncc(CO)n1C)C(=O)Nc1ccccc1C(C)C. The third-order valence-electron chi connectivity index (χ3n) is 3.70. The Labute approximate surface area is 141 Å². The minimum Gasteiger partial charge on any atom is -0.390 e. The number of thioether (sulfide) groups is 1. The van der Waals surface area contributed by atoms with Crippen LogP contribution in [0.4, 0.5) is 5.69 Å². The van der Waals surface area contributed by atoms with Crippen molar-refractivity contribution in [2.75, 3.05) is 5.32 Å².